The van der Waals surface area contributed by atoms with Crippen LogP contribution in [0.1, 0.15) is 19.3 Å². The van der Waals surface area contributed by atoms with E-state index in [-0.39, 0.29) is 0 Å². The molecule has 0 bridgehead atoms. The van der Waals surface area contributed by atoms with Crippen LogP contribution in [0.4, 0.5) is 4.20 Å². The molecule has 0 heterocycles. The molecule has 1 aliphatic rings. The predicted molar refractivity (Wildman–Crippen MR) is 40.7 cm³/mol. The summed E-state index contributed by atoms with van der Waals surface area (Å²) < 4.78 is 27.1. The molecule has 0 aromatic carbocycles. The van der Waals surface area contributed by atoms with Crippen molar-refractivity contribution in [3.8, 4) is 0 Å². The van der Waals surface area contributed by atoms with Gasteiger partial charge < -0.3 is 4.52 Å². The molecule has 0 spiro atoms. The number of rotatable bonds is 2. The summed E-state index contributed by atoms with van der Waals surface area (Å²) in [4.78, 5) is 0. The Balaban J connectivity index is 2.46. The lowest BCUT2D eigenvalue weighted by Crippen LogP contribution is -1.78. The normalized spacial score (nSPS) is 23.6. The topological polar surface area (TPSA) is 26.3 Å². The van der Waals surface area contributed by atoms with Gasteiger partial charge in [-0.3, -0.25) is 0 Å². The lowest BCUT2D eigenvalue weighted by atomic mass is 10.4. The van der Waals surface area contributed by atoms with Crippen LogP contribution in [0.15, 0.2) is 11.8 Å². The van der Waals surface area contributed by atoms with Gasteiger partial charge in [-0.05, 0) is 18.9 Å². The zero-order chi connectivity index (χ0) is 7.61. The molecular formula is C5H7BrFO2P. The third kappa shape index (κ3) is 2.84. The minimum Gasteiger partial charge on any atom is -0.419 e. The van der Waals surface area contributed by atoms with Crippen molar-refractivity contribution in [3.63, 3.8) is 0 Å². The zero-order valence-corrected chi connectivity index (χ0v) is 7.70. The number of allylic oxidation sites excluding steroid dienone is 2. The minimum atomic E-state index is -3.97. The number of halogens is 2. The van der Waals surface area contributed by atoms with Crippen molar-refractivity contribution in [2.24, 2.45) is 0 Å². The molecule has 0 fully saturated rings. The first kappa shape index (κ1) is 8.28. The second kappa shape index (κ2) is 3.05. The van der Waals surface area contributed by atoms with E-state index >= 15 is 0 Å². The SMILES string of the molecule is O=P(F)(Br)OC1=CCCC1. The Morgan fingerprint density at radius 2 is 2.50 bits per heavy atom. The Bertz CT molecular complexity index is 198. The van der Waals surface area contributed by atoms with E-state index in [1.807, 2.05) is 0 Å². The fraction of sp³-hybridized carbons (Fsp3) is 0.600. The standard InChI is InChI=1S/C5H7BrFO2P/c6-10(7,8)9-5-3-1-2-4-5/h3H,1-2,4H2. The van der Waals surface area contributed by atoms with E-state index < -0.39 is 6.38 Å². The van der Waals surface area contributed by atoms with Crippen LogP contribution in [0.3, 0.4) is 0 Å². The largest absolute Gasteiger partial charge is 0.483 e. The van der Waals surface area contributed by atoms with Gasteiger partial charge in [0, 0.05) is 6.42 Å². The highest BCUT2D eigenvalue weighted by Gasteiger charge is 2.20. The molecule has 0 aromatic rings. The molecule has 1 rings (SSSR count). The lowest BCUT2D eigenvalue weighted by Gasteiger charge is -2.03. The average molecular weight is 229 g/mol. The van der Waals surface area contributed by atoms with Crippen molar-refractivity contribution in [1.82, 2.24) is 0 Å². The quantitative estimate of drug-likeness (QED) is 0.676. The maximum atomic E-state index is 12.2. The summed E-state index contributed by atoms with van der Waals surface area (Å²) in [5.41, 5.74) is 0. The monoisotopic (exact) mass is 228 g/mol. The van der Waals surface area contributed by atoms with Crippen LogP contribution in [-0.2, 0) is 9.09 Å². The van der Waals surface area contributed by atoms with Gasteiger partial charge in [0.25, 0.3) is 0 Å². The van der Waals surface area contributed by atoms with Crippen LogP contribution < -0.4 is 0 Å². The highest BCUT2D eigenvalue weighted by atomic mass is 79.9. The fourth-order valence-corrected chi connectivity index (χ4v) is 1.86. The van der Waals surface area contributed by atoms with E-state index in [2.05, 4.69) is 20.0 Å². The van der Waals surface area contributed by atoms with Gasteiger partial charge in [-0.2, -0.15) is 0 Å². The van der Waals surface area contributed by atoms with Crippen LogP contribution in [-0.4, -0.2) is 0 Å². The van der Waals surface area contributed by atoms with Crippen molar-refractivity contribution in [2.45, 2.75) is 19.3 Å². The molecule has 10 heavy (non-hydrogen) atoms. The molecule has 0 radical (unpaired) electrons. The Morgan fingerprint density at radius 1 is 1.80 bits per heavy atom. The van der Waals surface area contributed by atoms with Crippen molar-refractivity contribution in [3.05, 3.63) is 11.8 Å². The van der Waals surface area contributed by atoms with Gasteiger partial charge in [0.05, 0.1) is 15.5 Å². The average Bonchev–Trinajstić information content (AvgIpc) is 2.12. The van der Waals surface area contributed by atoms with Gasteiger partial charge >= 0.3 is 6.38 Å². The van der Waals surface area contributed by atoms with Gasteiger partial charge in [-0.25, -0.2) is 4.57 Å². The van der Waals surface area contributed by atoms with E-state index in [4.69, 9.17) is 0 Å². The molecule has 1 unspecified atom stereocenters. The summed E-state index contributed by atoms with van der Waals surface area (Å²) in [6.07, 6.45) is 0.333. The molecule has 5 heteroatoms. The van der Waals surface area contributed by atoms with E-state index in [1.54, 1.807) is 6.08 Å². The number of hydrogen-bond donors (Lipinski definition) is 0. The Morgan fingerprint density at radius 3 is 2.90 bits per heavy atom. The molecule has 2 nitrogen and oxygen atoms in total. The van der Waals surface area contributed by atoms with Crippen molar-refractivity contribution in [2.75, 3.05) is 0 Å². The summed E-state index contributed by atoms with van der Waals surface area (Å²) in [6.45, 7) is 0. The predicted octanol–water partition coefficient (Wildman–Crippen LogP) is 3.54. The molecule has 0 aromatic heterocycles. The van der Waals surface area contributed by atoms with Gasteiger partial charge in [-0.1, -0.05) is 0 Å². The van der Waals surface area contributed by atoms with Crippen LogP contribution in [0.5, 0.6) is 0 Å². The Kier molecular flexibility index (Phi) is 2.53. The van der Waals surface area contributed by atoms with Crippen molar-refractivity contribution in [1.29, 1.82) is 0 Å². The van der Waals surface area contributed by atoms with E-state index in [0.717, 1.165) is 12.8 Å². The Hall–Kier alpha value is 0.180. The third-order valence-corrected chi connectivity index (χ3v) is 2.10. The van der Waals surface area contributed by atoms with E-state index in [0.29, 0.717) is 12.2 Å². The van der Waals surface area contributed by atoms with Gasteiger partial charge in [0.1, 0.15) is 5.76 Å². The highest BCUT2D eigenvalue weighted by molar-refractivity contribution is 9.39. The zero-order valence-electron chi connectivity index (χ0n) is 5.22. The maximum absolute atomic E-state index is 12.2. The van der Waals surface area contributed by atoms with Crippen LogP contribution >= 0.6 is 21.9 Å². The Labute approximate surface area is 66.8 Å². The summed E-state index contributed by atoms with van der Waals surface area (Å²) in [5, 5.41) is 0. The second-order valence-electron chi connectivity index (χ2n) is 2.07. The summed E-state index contributed by atoms with van der Waals surface area (Å²) in [7, 11) is 0. The summed E-state index contributed by atoms with van der Waals surface area (Å²) in [5.74, 6) is 0.503. The molecule has 1 aliphatic carbocycles. The van der Waals surface area contributed by atoms with Crippen LogP contribution in [0.25, 0.3) is 0 Å². The third-order valence-electron chi connectivity index (χ3n) is 1.22. The molecule has 0 aliphatic heterocycles. The molecule has 0 amide bonds. The van der Waals surface area contributed by atoms with Crippen molar-refractivity contribution < 1.29 is 13.3 Å². The summed E-state index contributed by atoms with van der Waals surface area (Å²) >= 11 is 2.31. The molecule has 58 valence electrons. The van der Waals surface area contributed by atoms with Crippen molar-refractivity contribution >= 4 is 21.9 Å². The maximum Gasteiger partial charge on any atom is 0.483 e. The first-order valence-corrected chi connectivity index (χ1v) is 6.49. The first-order valence-electron chi connectivity index (χ1n) is 2.96. The molecule has 0 saturated heterocycles. The smallest absolute Gasteiger partial charge is 0.419 e. The van der Waals surface area contributed by atoms with Crippen LogP contribution in [0.2, 0.25) is 0 Å². The van der Waals surface area contributed by atoms with E-state index in [1.165, 1.54) is 0 Å². The first-order chi connectivity index (χ1) is 4.58. The van der Waals surface area contributed by atoms with E-state index in [9.17, 15) is 8.76 Å². The fourth-order valence-electron chi connectivity index (χ4n) is 0.861. The van der Waals surface area contributed by atoms with Gasteiger partial charge in [0.2, 0.25) is 0 Å². The number of hydrogen-bond acceptors (Lipinski definition) is 2. The van der Waals surface area contributed by atoms with Crippen LogP contribution in [0, 0.1) is 0 Å². The van der Waals surface area contributed by atoms with Gasteiger partial charge in [-0.15, -0.1) is 4.20 Å². The molecule has 1 atom stereocenters. The lowest BCUT2D eigenvalue weighted by molar-refractivity contribution is 0.376. The highest BCUT2D eigenvalue weighted by Crippen LogP contribution is 2.59. The van der Waals surface area contributed by atoms with Gasteiger partial charge in [0.15, 0.2) is 0 Å². The summed E-state index contributed by atoms with van der Waals surface area (Å²) in [6, 6.07) is 0. The molecule has 0 N–H and O–H groups in total. The molecule has 0 saturated carbocycles. The minimum absolute atomic E-state index is 0.503. The molecular weight excluding hydrogens is 222 g/mol. The second-order valence-corrected chi connectivity index (χ2v) is 5.62.